The molecule has 1 heterocycles. The van der Waals surface area contributed by atoms with Gasteiger partial charge in [0.2, 0.25) is 0 Å². The number of nitrogens with one attached hydrogen (secondary N) is 1. The largest absolute Gasteiger partial charge is 0.496 e. The van der Waals surface area contributed by atoms with E-state index in [1.807, 2.05) is 30.3 Å². The molecule has 66 heavy (non-hydrogen) atoms. The molecule has 5 aromatic carbocycles. The van der Waals surface area contributed by atoms with Gasteiger partial charge in [0.05, 0.1) is 63.9 Å². The van der Waals surface area contributed by atoms with Crippen molar-refractivity contribution in [1.82, 2.24) is 5.32 Å². The third-order valence-corrected chi connectivity index (χ3v) is 12.3. The number of methoxy groups -OCH3 is 4. The minimum absolute atomic E-state index is 0.105. The average molecular weight is 906 g/mol. The van der Waals surface area contributed by atoms with Crippen LogP contribution in [0.15, 0.2) is 78.9 Å². The zero-order chi connectivity index (χ0) is 46.9. The Morgan fingerprint density at radius 3 is 1.65 bits per heavy atom. The van der Waals surface area contributed by atoms with Crippen molar-refractivity contribution in [3.05, 3.63) is 163 Å². The van der Waals surface area contributed by atoms with Gasteiger partial charge in [-0.05, 0) is 144 Å². The van der Waals surface area contributed by atoms with Crippen molar-refractivity contribution in [2.24, 2.45) is 0 Å². The summed E-state index contributed by atoms with van der Waals surface area (Å²) in [5.74, 6) is -2.39. The Hall–Kier alpha value is -6.64. The molecule has 1 fully saturated rings. The van der Waals surface area contributed by atoms with E-state index in [0.29, 0.717) is 59.6 Å². The first-order valence-electron chi connectivity index (χ1n) is 21.9. The summed E-state index contributed by atoms with van der Waals surface area (Å²) < 4.78 is 60.2. The van der Waals surface area contributed by atoms with Crippen LogP contribution in [-0.4, -0.2) is 82.7 Å². The van der Waals surface area contributed by atoms with E-state index in [4.69, 9.17) is 18.9 Å². The van der Waals surface area contributed by atoms with Gasteiger partial charge in [-0.25, -0.2) is 23.2 Å². The summed E-state index contributed by atoms with van der Waals surface area (Å²) in [7, 11) is 5.54. The highest BCUT2D eigenvalue weighted by atomic mass is 19.1. The predicted molar refractivity (Wildman–Crippen MR) is 239 cm³/mol. The lowest BCUT2D eigenvalue weighted by atomic mass is 9.92. The van der Waals surface area contributed by atoms with Gasteiger partial charge in [-0.15, -0.1) is 0 Å². The third kappa shape index (κ3) is 10.6. The van der Waals surface area contributed by atoms with Gasteiger partial charge in [0.1, 0.15) is 35.3 Å². The maximum atomic E-state index is 14.5. The molecule has 0 saturated carbocycles. The lowest BCUT2D eigenvalue weighted by Gasteiger charge is -2.29. The minimum Gasteiger partial charge on any atom is -0.496 e. The van der Waals surface area contributed by atoms with Gasteiger partial charge in [-0.2, -0.15) is 0 Å². The lowest BCUT2D eigenvalue weighted by molar-refractivity contribution is -0.0261. The van der Waals surface area contributed by atoms with Crippen LogP contribution in [-0.2, 0) is 64.1 Å². The number of hydrogen-bond donors (Lipinski definition) is 2. The maximum Gasteiger partial charge on any atom is 0.342 e. The number of aliphatic hydroxyl groups excluding tert-OH is 1. The van der Waals surface area contributed by atoms with Crippen LogP contribution in [0.25, 0.3) is 0 Å². The summed E-state index contributed by atoms with van der Waals surface area (Å²) in [5.41, 5.74) is 8.94. The predicted octanol–water partition coefficient (Wildman–Crippen LogP) is 7.64. The molecule has 1 saturated heterocycles. The molecule has 2 aliphatic carbocycles. The lowest BCUT2D eigenvalue weighted by Crippen LogP contribution is -2.48. The molecule has 1 aliphatic heterocycles. The van der Waals surface area contributed by atoms with Crippen molar-refractivity contribution in [3.63, 3.8) is 0 Å². The minimum atomic E-state index is -0.765. The second-order valence-corrected chi connectivity index (χ2v) is 16.4. The Kier molecular flexibility index (Phi) is 15.5. The van der Waals surface area contributed by atoms with Gasteiger partial charge in [-0.1, -0.05) is 42.5 Å². The fourth-order valence-electron chi connectivity index (χ4n) is 9.04. The van der Waals surface area contributed by atoms with Crippen molar-refractivity contribution in [2.45, 2.75) is 76.5 Å². The number of ether oxygens (including phenoxy) is 6. The standard InChI is InChI=1S/C27H25FO5.C25H28FNO6/c1-31-25-21-10-6-9-20(21)19(13-18-11-12-22(24(28)14-18)26(29)32-2)15-23(25)27(30)33-16-17-7-4-3-5-8-17;1-31-23-17-5-3-4-16(17)15(10-14-6-7-18(20(26)11-14)25(30)32-2)12-19(23)24(29)27-21-8-9-33-13-22(21)28/h3-5,7-8,11-12,14-15H,6,9-10,13,16H2,1-2H3;6-7,11-12,21-22,28H,3-5,8-10,13H2,1-2H3,(H,27,29)/t;21-,22-/m.0/s1. The van der Waals surface area contributed by atoms with Gasteiger partial charge in [0, 0.05) is 6.61 Å². The highest BCUT2D eigenvalue weighted by Crippen LogP contribution is 2.39. The van der Waals surface area contributed by atoms with Gasteiger partial charge >= 0.3 is 17.9 Å². The maximum absolute atomic E-state index is 14.5. The molecule has 1 amide bonds. The van der Waals surface area contributed by atoms with E-state index in [1.165, 1.54) is 38.5 Å². The molecule has 5 aromatic rings. The Morgan fingerprint density at radius 2 is 1.15 bits per heavy atom. The number of carbonyl (C=O) groups excluding carboxylic acids is 4. The second-order valence-electron chi connectivity index (χ2n) is 16.4. The summed E-state index contributed by atoms with van der Waals surface area (Å²) in [6.07, 6.45) is 5.80. The molecule has 3 aliphatic rings. The molecule has 346 valence electrons. The molecule has 0 spiro atoms. The van der Waals surface area contributed by atoms with Gasteiger partial charge in [0.15, 0.2) is 0 Å². The highest BCUT2D eigenvalue weighted by Gasteiger charge is 2.31. The van der Waals surface area contributed by atoms with E-state index in [1.54, 1.807) is 38.5 Å². The summed E-state index contributed by atoms with van der Waals surface area (Å²) in [4.78, 5) is 49.6. The number of carbonyl (C=O) groups is 4. The molecular formula is C52H53F2NO11. The van der Waals surface area contributed by atoms with Crippen molar-refractivity contribution in [1.29, 1.82) is 0 Å². The van der Waals surface area contributed by atoms with E-state index in [2.05, 4.69) is 14.8 Å². The number of amides is 1. The normalized spacial score (nSPS) is 15.9. The van der Waals surface area contributed by atoms with E-state index in [0.717, 1.165) is 77.5 Å². The molecular weight excluding hydrogens is 853 g/mol. The Bertz CT molecular complexity index is 2610. The molecule has 0 aromatic heterocycles. The first kappa shape index (κ1) is 47.3. The number of fused-ring (bicyclic) bond motifs is 2. The topological polar surface area (TPSA) is 156 Å². The van der Waals surface area contributed by atoms with Crippen molar-refractivity contribution >= 4 is 23.8 Å². The molecule has 2 atom stereocenters. The van der Waals surface area contributed by atoms with Crippen LogP contribution >= 0.6 is 0 Å². The summed E-state index contributed by atoms with van der Waals surface area (Å²) >= 11 is 0. The number of halogens is 2. The van der Waals surface area contributed by atoms with Crippen LogP contribution in [0.1, 0.15) is 111 Å². The molecule has 0 radical (unpaired) electrons. The van der Waals surface area contributed by atoms with Crippen LogP contribution in [0.5, 0.6) is 11.5 Å². The van der Waals surface area contributed by atoms with Crippen molar-refractivity contribution in [2.75, 3.05) is 41.7 Å². The number of esters is 3. The van der Waals surface area contributed by atoms with E-state index >= 15 is 0 Å². The Labute approximate surface area is 382 Å². The van der Waals surface area contributed by atoms with E-state index < -0.39 is 41.7 Å². The number of rotatable bonds is 13. The number of benzene rings is 5. The Morgan fingerprint density at radius 1 is 0.636 bits per heavy atom. The van der Waals surface area contributed by atoms with Gasteiger partial charge in [-0.3, -0.25) is 4.79 Å². The molecule has 0 bridgehead atoms. The quantitative estimate of drug-likeness (QED) is 0.0885. The molecule has 12 nitrogen and oxygen atoms in total. The summed E-state index contributed by atoms with van der Waals surface area (Å²) in [6, 6.07) is 21.6. The molecule has 0 unspecified atom stereocenters. The second kappa shape index (κ2) is 21.6. The first-order chi connectivity index (χ1) is 31.9. The fourth-order valence-corrected chi connectivity index (χ4v) is 9.04. The number of hydrogen-bond acceptors (Lipinski definition) is 11. The third-order valence-electron chi connectivity index (χ3n) is 12.3. The SMILES string of the molecule is COC(=O)c1ccc(Cc2cc(C(=O)N[C@H]3CCOC[C@@H]3O)c(OC)c3c2CCC3)cc1F.COC(=O)c1ccc(Cc2cc(C(=O)OCc3ccccc3)c(OC)c3c2CCC3)cc1F. The van der Waals surface area contributed by atoms with Crippen LogP contribution < -0.4 is 14.8 Å². The smallest absolute Gasteiger partial charge is 0.342 e. The van der Waals surface area contributed by atoms with E-state index in [9.17, 15) is 33.1 Å². The van der Waals surface area contributed by atoms with Crippen molar-refractivity contribution in [3.8, 4) is 11.5 Å². The molecule has 8 rings (SSSR count). The summed E-state index contributed by atoms with van der Waals surface area (Å²) in [6.45, 7) is 0.821. The van der Waals surface area contributed by atoms with Crippen LogP contribution in [0.3, 0.4) is 0 Å². The van der Waals surface area contributed by atoms with E-state index in [-0.39, 0.29) is 30.2 Å². The fraction of sp³-hybridized carbons (Fsp3) is 0.346. The van der Waals surface area contributed by atoms with Crippen LogP contribution in [0.4, 0.5) is 8.78 Å². The van der Waals surface area contributed by atoms with Gasteiger partial charge < -0.3 is 38.8 Å². The zero-order valence-corrected chi connectivity index (χ0v) is 37.4. The molecule has 14 heteroatoms. The summed E-state index contributed by atoms with van der Waals surface area (Å²) in [5, 5.41) is 13.1. The van der Waals surface area contributed by atoms with Crippen LogP contribution in [0.2, 0.25) is 0 Å². The van der Waals surface area contributed by atoms with Crippen LogP contribution in [0, 0.1) is 11.6 Å². The zero-order valence-electron chi connectivity index (χ0n) is 37.4. The monoisotopic (exact) mass is 905 g/mol. The first-order valence-corrected chi connectivity index (χ1v) is 21.9. The van der Waals surface area contributed by atoms with Crippen molar-refractivity contribution < 1.29 is 61.5 Å². The average Bonchev–Trinajstić information content (AvgIpc) is 4.03. The highest BCUT2D eigenvalue weighted by molar-refractivity contribution is 5.98. The Balaban J connectivity index is 0.000000196. The molecule has 2 N–H and O–H groups in total. The number of aliphatic hydroxyl groups is 1. The van der Waals surface area contributed by atoms with Gasteiger partial charge in [0.25, 0.3) is 5.91 Å².